The summed E-state index contributed by atoms with van der Waals surface area (Å²) in [5.41, 5.74) is 2.02. The SMILES string of the molecule is Cc1ccc(S(=O)(=O)N2CC[NH+](CN3C(=O)[C@H]4CC=CC[C@@H]4C3=O)CC2)cc1C. The molecule has 0 bridgehead atoms. The predicted octanol–water partition coefficient (Wildman–Crippen LogP) is 0.101. The summed E-state index contributed by atoms with van der Waals surface area (Å²) in [6, 6.07) is 5.22. The number of benzene rings is 1. The highest BCUT2D eigenvalue weighted by Gasteiger charge is 2.48. The van der Waals surface area contributed by atoms with Crippen molar-refractivity contribution in [1.29, 1.82) is 0 Å². The Balaban J connectivity index is 1.39. The number of fused-ring (bicyclic) bond motifs is 1. The van der Waals surface area contributed by atoms with Crippen LogP contribution in [0.1, 0.15) is 24.0 Å². The summed E-state index contributed by atoms with van der Waals surface area (Å²) >= 11 is 0. The van der Waals surface area contributed by atoms with Crippen LogP contribution in [0, 0.1) is 25.7 Å². The van der Waals surface area contributed by atoms with Crippen LogP contribution in [-0.2, 0) is 19.6 Å². The summed E-state index contributed by atoms with van der Waals surface area (Å²) in [5.74, 6) is -0.555. The van der Waals surface area contributed by atoms with Crippen LogP contribution in [0.4, 0.5) is 0 Å². The number of quaternary nitrogens is 1. The third kappa shape index (κ3) is 3.65. The van der Waals surface area contributed by atoms with Gasteiger partial charge in [-0.15, -0.1) is 0 Å². The second kappa shape index (κ2) is 7.66. The van der Waals surface area contributed by atoms with Crippen LogP contribution < -0.4 is 4.90 Å². The molecule has 0 radical (unpaired) electrons. The van der Waals surface area contributed by atoms with Crippen molar-refractivity contribution >= 4 is 21.8 Å². The van der Waals surface area contributed by atoms with Crippen LogP contribution in [-0.4, -0.2) is 62.3 Å². The van der Waals surface area contributed by atoms with Crippen LogP contribution in [0.5, 0.6) is 0 Å². The lowest BCUT2D eigenvalue weighted by molar-refractivity contribution is -0.910. The first kappa shape index (κ1) is 20.3. The molecule has 2 fully saturated rings. The molecule has 1 aromatic rings. The topological polar surface area (TPSA) is 79.2 Å². The number of nitrogens with zero attached hydrogens (tertiary/aromatic N) is 2. The molecule has 8 heteroatoms. The minimum Gasteiger partial charge on any atom is -0.315 e. The van der Waals surface area contributed by atoms with E-state index >= 15 is 0 Å². The number of carbonyl (C=O) groups excluding carboxylic acids is 2. The molecule has 0 unspecified atom stereocenters. The van der Waals surface area contributed by atoms with Crippen LogP contribution in [0.3, 0.4) is 0 Å². The standard InChI is InChI=1S/C21H27N3O4S/c1-15-7-8-17(13-16(15)2)29(27,28)23-11-9-22(10-12-23)14-24-20(25)18-5-3-4-6-19(18)21(24)26/h3-4,7-8,13,18-19H,5-6,9-12,14H2,1-2H3/p+1/t18-,19-/m0/s1. The average Bonchev–Trinajstić information content (AvgIpc) is 2.95. The number of hydrogen-bond donors (Lipinski definition) is 1. The van der Waals surface area contributed by atoms with Gasteiger partial charge >= 0.3 is 0 Å². The Morgan fingerprint density at radius 2 is 1.55 bits per heavy atom. The van der Waals surface area contributed by atoms with E-state index < -0.39 is 10.0 Å². The van der Waals surface area contributed by atoms with Crippen molar-refractivity contribution in [3.63, 3.8) is 0 Å². The molecular formula is C21H28N3O4S+. The molecular weight excluding hydrogens is 390 g/mol. The Hall–Kier alpha value is -2.03. The molecule has 4 rings (SSSR count). The van der Waals surface area contributed by atoms with Crippen molar-refractivity contribution in [3.05, 3.63) is 41.5 Å². The number of nitrogens with one attached hydrogen (secondary N) is 1. The largest absolute Gasteiger partial charge is 0.315 e. The number of aryl methyl sites for hydroxylation is 2. The molecule has 1 aromatic carbocycles. The van der Waals surface area contributed by atoms with Gasteiger partial charge in [-0.1, -0.05) is 18.2 Å². The molecule has 1 N–H and O–H groups in total. The zero-order valence-electron chi connectivity index (χ0n) is 16.9. The molecule has 2 heterocycles. The van der Waals surface area contributed by atoms with Crippen molar-refractivity contribution in [2.45, 2.75) is 31.6 Å². The maximum absolute atomic E-state index is 13.0. The summed E-state index contributed by atoms with van der Waals surface area (Å²) in [6.07, 6.45) is 5.25. The Labute approximate surface area is 172 Å². The molecule has 3 aliphatic rings. The minimum absolute atomic E-state index is 0.0676. The van der Waals surface area contributed by atoms with Crippen molar-refractivity contribution < 1.29 is 22.9 Å². The molecule has 0 saturated carbocycles. The fourth-order valence-electron chi connectivity index (χ4n) is 4.47. The van der Waals surface area contributed by atoms with Crippen LogP contribution in [0.15, 0.2) is 35.2 Å². The summed E-state index contributed by atoms with van der Waals surface area (Å²) in [6.45, 7) is 6.13. The van der Waals surface area contributed by atoms with Gasteiger partial charge in [0.25, 0.3) is 0 Å². The summed E-state index contributed by atoms with van der Waals surface area (Å²) < 4.78 is 27.4. The number of imide groups is 1. The summed E-state index contributed by atoms with van der Waals surface area (Å²) in [7, 11) is -3.53. The molecule has 2 saturated heterocycles. The number of rotatable bonds is 4. The summed E-state index contributed by atoms with van der Waals surface area (Å²) in [5, 5.41) is 0. The molecule has 2 amide bonds. The second-order valence-electron chi connectivity index (χ2n) is 8.32. The number of sulfonamides is 1. The highest BCUT2D eigenvalue weighted by molar-refractivity contribution is 7.89. The van der Waals surface area contributed by atoms with Gasteiger partial charge in [0, 0.05) is 0 Å². The fourth-order valence-corrected chi connectivity index (χ4v) is 6.00. The van der Waals surface area contributed by atoms with Gasteiger partial charge in [0.1, 0.15) is 0 Å². The Morgan fingerprint density at radius 3 is 2.10 bits per heavy atom. The average molecular weight is 419 g/mol. The van der Waals surface area contributed by atoms with E-state index in [9.17, 15) is 18.0 Å². The van der Waals surface area contributed by atoms with E-state index in [1.165, 1.54) is 9.21 Å². The number of carbonyl (C=O) groups is 2. The molecule has 2 aliphatic heterocycles. The molecule has 156 valence electrons. The number of hydrogen-bond acceptors (Lipinski definition) is 4. The third-order valence-electron chi connectivity index (χ3n) is 6.53. The van der Waals surface area contributed by atoms with Gasteiger partial charge in [-0.2, -0.15) is 4.31 Å². The zero-order chi connectivity index (χ0) is 20.8. The predicted molar refractivity (Wildman–Crippen MR) is 107 cm³/mol. The van der Waals surface area contributed by atoms with E-state index in [1.807, 2.05) is 32.1 Å². The first-order chi connectivity index (χ1) is 13.8. The van der Waals surface area contributed by atoms with Gasteiger partial charge in [-0.05, 0) is 49.9 Å². The molecule has 29 heavy (non-hydrogen) atoms. The van der Waals surface area contributed by atoms with Crippen molar-refractivity contribution in [3.8, 4) is 0 Å². The third-order valence-corrected chi connectivity index (χ3v) is 8.42. The van der Waals surface area contributed by atoms with Crippen molar-refractivity contribution in [2.75, 3.05) is 32.8 Å². The monoisotopic (exact) mass is 418 g/mol. The molecule has 2 atom stereocenters. The van der Waals surface area contributed by atoms with Crippen molar-refractivity contribution in [2.24, 2.45) is 11.8 Å². The highest BCUT2D eigenvalue weighted by atomic mass is 32.2. The van der Waals surface area contributed by atoms with E-state index in [0.717, 1.165) is 16.0 Å². The van der Waals surface area contributed by atoms with E-state index in [2.05, 4.69) is 0 Å². The number of allylic oxidation sites excluding steroid dienone is 2. The number of likely N-dealkylation sites (tertiary alicyclic amines) is 1. The molecule has 1 aliphatic carbocycles. The lowest BCUT2D eigenvalue weighted by atomic mass is 9.85. The lowest BCUT2D eigenvalue weighted by Gasteiger charge is -2.33. The lowest BCUT2D eigenvalue weighted by Crippen LogP contribution is -3.16. The van der Waals surface area contributed by atoms with Gasteiger partial charge in [0.2, 0.25) is 21.8 Å². The van der Waals surface area contributed by atoms with E-state index in [0.29, 0.717) is 50.6 Å². The molecule has 0 aromatic heterocycles. The van der Waals surface area contributed by atoms with Crippen LogP contribution in [0.25, 0.3) is 0 Å². The van der Waals surface area contributed by atoms with Gasteiger partial charge in [-0.25, -0.2) is 13.3 Å². The van der Waals surface area contributed by atoms with Crippen LogP contribution >= 0.6 is 0 Å². The smallest absolute Gasteiger partial charge is 0.243 e. The first-order valence-corrected chi connectivity index (χ1v) is 11.6. The number of piperazine rings is 1. The quantitative estimate of drug-likeness (QED) is 0.556. The summed E-state index contributed by atoms with van der Waals surface area (Å²) in [4.78, 5) is 28.1. The Morgan fingerprint density at radius 1 is 0.966 bits per heavy atom. The highest BCUT2D eigenvalue weighted by Crippen LogP contribution is 2.34. The molecule has 7 nitrogen and oxygen atoms in total. The Kier molecular flexibility index (Phi) is 5.35. The van der Waals surface area contributed by atoms with Gasteiger partial charge in [0.15, 0.2) is 6.67 Å². The fraction of sp³-hybridized carbons (Fsp3) is 0.524. The maximum Gasteiger partial charge on any atom is 0.243 e. The van der Waals surface area contributed by atoms with Crippen molar-refractivity contribution in [1.82, 2.24) is 9.21 Å². The van der Waals surface area contributed by atoms with Gasteiger partial charge < -0.3 is 4.90 Å². The van der Waals surface area contributed by atoms with Crippen LogP contribution in [0.2, 0.25) is 0 Å². The normalized spacial score (nSPS) is 26.2. The number of amides is 2. The van der Waals surface area contributed by atoms with E-state index in [-0.39, 0.29) is 23.7 Å². The maximum atomic E-state index is 13.0. The Bertz CT molecular complexity index is 938. The minimum atomic E-state index is -3.53. The van der Waals surface area contributed by atoms with E-state index in [4.69, 9.17) is 0 Å². The first-order valence-electron chi connectivity index (χ1n) is 10.2. The zero-order valence-corrected chi connectivity index (χ0v) is 17.7. The second-order valence-corrected chi connectivity index (χ2v) is 10.3. The van der Waals surface area contributed by atoms with E-state index in [1.54, 1.807) is 12.1 Å². The molecule has 0 spiro atoms. The van der Waals surface area contributed by atoms with Gasteiger partial charge in [0.05, 0.1) is 42.9 Å². The van der Waals surface area contributed by atoms with Gasteiger partial charge in [-0.3, -0.25) is 9.59 Å².